The third-order valence-electron chi connectivity index (χ3n) is 5.01. The molecule has 5 aromatic rings. The zero-order valence-corrected chi connectivity index (χ0v) is 19.3. The second kappa shape index (κ2) is 9.03. The highest BCUT2D eigenvalue weighted by Gasteiger charge is 2.33. The molecular formula is C23H14F6N4O3S. The lowest BCUT2D eigenvalue weighted by Gasteiger charge is -2.14. The van der Waals surface area contributed by atoms with E-state index in [1.807, 2.05) is 0 Å². The molecule has 5 rings (SSSR count). The summed E-state index contributed by atoms with van der Waals surface area (Å²) in [5.41, 5.74) is 1.36. The van der Waals surface area contributed by atoms with Crippen molar-refractivity contribution in [3.8, 4) is 27.8 Å². The van der Waals surface area contributed by atoms with E-state index in [4.69, 9.17) is 4.74 Å². The first-order valence-electron chi connectivity index (χ1n) is 10.3. The quantitative estimate of drug-likeness (QED) is 0.231. The molecule has 14 heteroatoms. The topological polar surface area (TPSA) is 69.9 Å². The van der Waals surface area contributed by atoms with Crippen molar-refractivity contribution in [1.29, 1.82) is 0 Å². The van der Waals surface area contributed by atoms with Crippen LogP contribution in [0, 0.1) is 0 Å². The number of fused-ring (bicyclic) bond motifs is 2. The van der Waals surface area contributed by atoms with Gasteiger partial charge in [-0.15, -0.1) is 42.8 Å². The number of ether oxygens (including phenoxy) is 3. The second-order valence-electron chi connectivity index (χ2n) is 7.50. The van der Waals surface area contributed by atoms with E-state index in [2.05, 4.69) is 24.9 Å². The summed E-state index contributed by atoms with van der Waals surface area (Å²) >= 11 is 1.09. The molecule has 192 valence electrons. The van der Waals surface area contributed by atoms with Crippen molar-refractivity contribution in [2.75, 3.05) is 12.4 Å². The molecule has 0 aliphatic rings. The standard InChI is InChI=1S/C23H14F6N4O3S/c1-34-17-10-13(5-6-15(17)35-22(24,25)26)31-19-7-8-20-30-11-14(33(20)32-19)18-9-12-3-2-4-16(21(12)37-18)36-23(27,28)29/h2-11H,1H3,(H,31,32). The van der Waals surface area contributed by atoms with E-state index in [-0.39, 0.29) is 11.5 Å². The minimum atomic E-state index is -4.88. The number of halogens is 6. The number of hydrogen-bond donors (Lipinski definition) is 1. The van der Waals surface area contributed by atoms with E-state index in [9.17, 15) is 26.3 Å². The van der Waals surface area contributed by atoms with Crippen molar-refractivity contribution in [2.45, 2.75) is 12.7 Å². The fraction of sp³-hybridized carbons (Fsp3) is 0.130. The van der Waals surface area contributed by atoms with Gasteiger partial charge < -0.3 is 19.5 Å². The van der Waals surface area contributed by atoms with Gasteiger partial charge in [-0.3, -0.25) is 0 Å². The van der Waals surface area contributed by atoms with Crippen molar-refractivity contribution < 1.29 is 40.6 Å². The molecule has 3 heterocycles. The van der Waals surface area contributed by atoms with Gasteiger partial charge in [0.25, 0.3) is 0 Å². The number of methoxy groups -OCH3 is 1. The summed E-state index contributed by atoms with van der Waals surface area (Å²) in [6.07, 6.45) is -8.17. The molecule has 0 unspecified atom stereocenters. The average molecular weight is 540 g/mol. The van der Waals surface area contributed by atoms with E-state index in [1.54, 1.807) is 24.3 Å². The minimum absolute atomic E-state index is 0.145. The summed E-state index contributed by atoms with van der Waals surface area (Å²) < 4.78 is 91.1. The van der Waals surface area contributed by atoms with Gasteiger partial charge in [-0.25, -0.2) is 9.50 Å². The number of alkyl halides is 6. The summed E-state index contributed by atoms with van der Waals surface area (Å²) in [5.74, 6) is -0.633. The van der Waals surface area contributed by atoms with E-state index in [0.717, 1.165) is 17.4 Å². The van der Waals surface area contributed by atoms with Crippen molar-refractivity contribution in [3.63, 3.8) is 0 Å². The van der Waals surface area contributed by atoms with Crippen LogP contribution in [0.2, 0.25) is 0 Å². The van der Waals surface area contributed by atoms with Crippen LogP contribution >= 0.6 is 11.3 Å². The highest BCUT2D eigenvalue weighted by Crippen LogP contribution is 2.40. The van der Waals surface area contributed by atoms with Crippen LogP contribution in [0.1, 0.15) is 0 Å². The minimum Gasteiger partial charge on any atom is -0.493 e. The average Bonchev–Trinajstić information content (AvgIpc) is 3.42. The van der Waals surface area contributed by atoms with Gasteiger partial charge in [-0.05, 0) is 41.8 Å². The Hall–Kier alpha value is -4.20. The molecule has 0 bridgehead atoms. The maximum atomic E-state index is 12.8. The predicted octanol–water partition coefficient (Wildman–Crippen LogP) is 7.16. The molecule has 0 radical (unpaired) electrons. The number of thiophene rings is 1. The summed E-state index contributed by atoms with van der Waals surface area (Å²) in [4.78, 5) is 4.89. The SMILES string of the molecule is COc1cc(Nc2ccc3ncc(-c4cc5cccc(OC(F)(F)F)c5s4)n3n2)ccc1OC(F)(F)F. The van der Waals surface area contributed by atoms with Crippen LogP contribution in [0.15, 0.2) is 60.8 Å². The fourth-order valence-corrected chi connectivity index (χ4v) is 4.68. The molecule has 1 N–H and O–H groups in total. The lowest BCUT2D eigenvalue weighted by atomic mass is 10.2. The molecule has 0 spiro atoms. The first-order chi connectivity index (χ1) is 17.5. The molecule has 37 heavy (non-hydrogen) atoms. The molecule has 0 saturated carbocycles. The number of imidazole rings is 1. The van der Waals surface area contributed by atoms with E-state index >= 15 is 0 Å². The largest absolute Gasteiger partial charge is 0.573 e. The Morgan fingerprint density at radius 2 is 1.62 bits per heavy atom. The molecule has 3 aromatic heterocycles. The Balaban J connectivity index is 1.47. The van der Waals surface area contributed by atoms with E-state index < -0.39 is 18.5 Å². The molecule has 2 aromatic carbocycles. The molecule has 0 atom stereocenters. The predicted molar refractivity (Wildman–Crippen MR) is 123 cm³/mol. The number of aromatic nitrogens is 3. The smallest absolute Gasteiger partial charge is 0.493 e. The van der Waals surface area contributed by atoms with Gasteiger partial charge in [0.15, 0.2) is 23.0 Å². The van der Waals surface area contributed by atoms with Crippen LogP contribution in [0.4, 0.5) is 37.8 Å². The van der Waals surface area contributed by atoms with Crippen molar-refractivity contribution >= 4 is 38.6 Å². The maximum Gasteiger partial charge on any atom is 0.573 e. The monoisotopic (exact) mass is 540 g/mol. The lowest BCUT2D eigenvalue weighted by molar-refractivity contribution is -0.275. The number of hydrogen-bond acceptors (Lipinski definition) is 7. The molecule has 0 saturated heterocycles. The van der Waals surface area contributed by atoms with Crippen LogP contribution < -0.4 is 19.5 Å². The van der Waals surface area contributed by atoms with Crippen LogP contribution in [-0.4, -0.2) is 34.4 Å². The summed E-state index contributed by atoms with van der Waals surface area (Å²) in [6.45, 7) is 0. The Bertz CT molecular complexity index is 1600. The Morgan fingerprint density at radius 1 is 0.865 bits per heavy atom. The van der Waals surface area contributed by atoms with Gasteiger partial charge in [0.1, 0.15) is 11.4 Å². The number of benzene rings is 2. The van der Waals surface area contributed by atoms with Gasteiger partial charge in [0.2, 0.25) is 0 Å². The first kappa shape index (κ1) is 24.5. The van der Waals surface area contributed by atoms with Gasteiger partial charge in [-0.2, -0.15) is 0 Å². The van der Waals surface area contributed by atoms with Crippen molar-refractivity contribution in [1.82, 2.24) is 14.6 Å². The van der Waals surface area contributed by atoms with Gasteiger partial charge in [-0.1, -0.05) is 12.1 Å². The van der Waals surface area contributed by atoms with Crippen molar-refractivity contribution in [3.05, 3.63) is 60.8 Å². The maximum absolute atomic E-state index is 12.8. The van der Waals surface area contributed by atoms with E-state index in [0.29, 0.717) is 37.8 Å². The van der Waals surface area contributed by atoms with Crippen LogP contribution in [0.5, 0.6) is 17.2 Å². The first-order valence-corrected chi connectivity index (χ1v) is 11.1. The molecular weight excluding hydrogens is 526 g/mol. The van der Waals surface area contributed by atoms with Gasteiger partial charge >= 0.3 is 12.7 Å². The van der Waals surface area contributed by atoms with Crippen LogP contribution in [0.3, 0.4) is 0 Å². The number of nitrogens with one attached hydrogen (secondary N) is 1. The van der Waals surface area contributed by atoms with Crippen molar-refractivity contribution in [2.24, 2.45) is 0 Å². The second-order valence-corrected chi connectivity index (χ2v) is 8.56. The van der Waals surface area contributed by atoms with Gasteiger partial charge in [0.05, 0.1) is 22.9 Å². The van der Waals surface area contributed by atoms with Gasteiger partial charge in [0, 0.05) is 11.8 Å². The molecule has 0 fully saturated rings. The third-order valence-corrected chi connectivity index (χ3v) is 6.20. The Morgan fingerprint density at radius 3 is 2.35 bits per heavy atom. The van der Waals surface area contributed by atoms with Crippen LogP contribution in [-0.2, 0) is 0 Å². The molecule has 0 amide bonds. The Kier molecular flexibility index (Phi) is 5.98. The lowest BCUT2D eigenvalue weighted by Crippen LogP contribution is -2.17. The fourth-order valence-electron chi connectivity index (χ4n) is 3.58. The zero-order chi connectivity index (χ0) is 26.4. The molecule has 0 aliphatic carbocycles. The summed E-state index contributed by atoms with van der Waals surface area (Å²) in [6, 6.07) is 13.1. The van der Waals surface area contributed by atoms with E-state index in [1.165, 1.54) is 42.1 Å². The molecule has 7 nitrogen and oxygen atoms in total. The zero-order valence-electron chi connectivity index (χ0n) is 18.5. The third kappa shape index (κ3) is 5.33. The Labute approximate surface area is 207 Å². The highest BCUT2D eigenvalue weighted by molar-refractivity contribution is 7.22. The number of anilines is 2. The number of nitrogens with zero attached hydrogens (tertiary/aromatic N) is 3. The summed E-state index contributed by atoms with van der Waals surface area (Å²) in [5, 5.41) is 8.01. The number of rotatable bonds is 6. The summed E-state index contributed by atoms with van der Waals surface area (Å²) in [7, 11) is 1.21. The normalized spacial score (nSPS) is 12.2. The highest BCUT2D eigenvalue weighted by atomic mass is 32.1. The van der Waals surface area contributed by atoms with Crippen LogP contribution in [0.25, 0.3) is 26.3 Å². The molecule has 0 aliphatic heterocycles.